The van der Waals surface area contributed by atoms with Gasteiger partial charge in [0.05, 0.1) is 11.5 Å². The van der Waals surface area contributed by atoms with Crippen LogP contribution in [0.1, 0.15) is 107 Å². The second kappa shape index (κ2) is 8.66. The van der Waals surface area contributed by atoms with Crippen molar-refractivity contribution in [3.05, 3.63) is 28.8 Å². The van der Waals surface area contributed by atoms with Crippen LogP contribution >= 0.6 is 0 Å². The Morgan fingerprint density at radius 3 is 2.08 bits per heavy atom. The number of carbonyl (C=O) groups is 5. The SMILES string of the molecule is CC(=O)C1C(=O)C(C(C)C)[C@@]2(C)[C@H](C)[C@]3(C)C(C(=O)c4c(ccc(C5CCCC5)c4O)[C@H]3C)C(=O)[C@@]2(O)C1=O. The molecule has 0 saturated heterocycles. The van der Waals surface area contributed by atoms with Crippen molar-refractivity contribution in [1.29, 1.82) is 0 Å². The Hall–Kier alpha value is -2.67. The molecule has 39 heavy (non-hydrogen) atoms. The van der Waals surface area contributed by atoms with Gasteiger partial charge in [-0.15, -0.1) is 0 Å². The summed E-state index contributed by atoms with van der Waals surface area (Å²) < 4.78 is 0. The van der Waals surface area contributed by atoms with Crippen LogP contribution in [-0.2, 0) is 19.2 Å². The molecule has 1 aromatic rings. The Labute approximate surface area is 229 Å². The molecule has 0 radical (unpaired) electrons. The van der Waals surface area contributed by atoms with Gasteiger partial charge in [0.1, 0.15) is 17.5 Å². The van der Waals surface area contributed by atoms with Gasteiger partial charge < -0.3 is 10.2 Å². The zero-order chi connectivity index (χ0) is 29.0. The number of benzene rings is 1. The first-order valence-electron chi connectivity index (χ1n) is 14.3. The number of aromatic hydroxyl groups is 1. The Morgan fingerprint density at radius 2 is 1.54 bits per heavy atom. The molecule has 4 aliphatic carbocycles. The van der Waals surface area contributed by atoms with E-state index in [4.69, 9.17) is 0 Å². The third kappa shape index (κ3) is 3.11. The van der Waals surface area contributed by atoms with Crippen LogP contribution in [0.2, 0.25) is 0 Å². The van der Waals surface area contributed by atoms with Crippen LogP contribution in [0.25, 0.3) is 0 Å². The molecular weight excluding hydrogens is 496 g/mol. The largest absolute Gasteiger partial charge is 0.507 e. The number of ketones is 5. The first kappa shape index (κ1) is 27.9. The maximum absolute atomic E-state index is 14.5. The number of aliphatic hydroxyl groups is 1. The highest BCUT2D eigenvalue weighted by atomic mass is 16.3. The normalized spacial score (nSPS) is 40.5. The van der Waals surface area contributed by atoms with Crippen LogP contribution in [0.3, 0.4) is 0 Å². The molecule has 3 fully saturated rings. The Morgan fingerprint density at radius 1 is 0.974 bits per heavy atom. The molecule has 2 N–H and O–H groups in total. The van der Waals surface area contributed by atoms with Crippen LogP contribution < -0.4 is 0 Å². The van der Waals surface area contributed by atoms with Gasteiger partial charge in [-0.1, -0.05) is 66.5 Å². The van der Waals surface area contributed by atoms with Crippen molar-refractivity contribution < 1.29 is 34.2 Å². The van der Waals surface area contributed by atoms with E-state index in [1.54, 1.807) is 20.8 Å². The fourth-order valence-electron chi connectivity index (χ4n) is 9.38. The van der Waals surface area contributed by atoms with E-state index in [0.717, 1.165) is 32.6 Å². The van der Waals surface area contributed by atoms with Gasteiger partial charge in [0.2, 0.25) is 0 Å². The van der Waals surface area contributed by atoms with Crippen LogP contribution in [0, 0.1) is 40.4 Å². The maximum Gasteiger partial charge on any atom is 0.190 e. The number of Topliss-reactive ketones (excluding diaryl/α,β-unsaturated/α-hetero) is 5. The molecule has 0 spiro atoms. The minimum Gasteiger partial charge on any atom is -0.507 e. The number of phenolic OH excluding ortho intramolecular Hbond substituents is 1. The molecule has 0 bridgehead atoms. The number of hydrogen-bond donors (Lipinski definition) is 2. The van der Waals surface area contributed by atoms with Gasteiger partial charge in [0.25, 0.3) is 0 Å². The van der Waals surface area contributed by atoms with Crippen molar-refractivity contribution >= 4 is 28.9 Å². The highest BCUT2D eigenvalue weighted by Gasteiger charge is 2.79. The summed E-state index contributed by atoms with van der Waals surface area (Å²) in [6.07, 6.45) is 3.92. The maximum atomic E-state index is 14.5. The van der Waals surface area contributed by atoms with E-state index in [0.29, 0.717) is 11.1 Å². The summed E-state index contributed by atoms with van der Waals surface area (Å²) in [7, 11) is 0. The van der Waals surface area contributed by atoms with Crippen LogP contribution in [-0.4, -0.2) is 44.7 Å². The first-order chi connectivity index (χ1) is 18.1. The number of carbonyl (C=O) groups excluding carboxylic acids is 5. The molecule has 0 aromatic heterocycles. The molecule has 0 aliphatic heterocycles. The number of rotatable bonds is 3. The fourth-order valence-corrected chi connectivity index (χ4v) is 9.38. The lowest BCUT2D eigenvalue weighted by molar-refractivity contribution is -0.222. The third-order valence-corrected chi connectivity index (χ3v) is 11.7. The molecule has 1 aromatic carbocycles. The van der Waals surface area contributed by atoms with Crippen molar-refractivity contribution in [2.75, 3.05) is 0 Å². The lowest BCUT2D eigenvalue weighted by atomic mass is 9.35. The third-order valence-electron chi connectivity index (χ3n) is 11.7. The standard InChI is InChI=1S/C32H40O7/c1-14(2)23-26(35)21(16(4)33)28(37)32(39)29(38)24-27(36)22-19(15(3)30(24,6)17(5)31(23,32)7)12-13-20(25(22)34)18-10-8-9-11-18/h12-15,17-18,21,23-24,34,39H,8-11H2,1-7H3/t15-,17-,21?,23?,24?,30-,31-,32+/m1/s1. The summed E-state index contributed by atoms with van der Waals surface area (Å²) in [5.74, 6) is -9.44. The van der Waals surface area contributed by atoms with Crippen molar-refractivity contribution in [3.8, 4) is 5.75 Å². The average molecular weight is 537 g/mol. The number of fused-ring (bicyclic) bond motifs is 3. The molecule has 3 saturated carbocycles. The monoisotopic (exact) mass is 536 g/mol. The topological polar surface area (TPSA) is 126 Å². The summed E-state index contributed by atoms with van der Waals surface area (Å²) in [6.45, 7) is 11.9. The molecule has 8 atom stereocenters. The summed E-state index contributed by atoms with van der Waals surface area (Å²) in [6, 6.07) is 3.78. The van der Waals surface area contributed by atoms with Gasteiger partial charge in [-0.2, -0.15) is 0 Å². The van der Waals surface area contributed by atoms with Crippen LogP contribution in [0.15, 0.2) is 12.1 Å². The van der Waals surface area contributed by atoms with E-state index < -0.39 is 74.9 Å². The zero-order valence-corrected chi connectivity index (χ0v) is 24.0. The zero-order valence-electron chi connectivity index (χ0n) is 24.0. The van der Waals surface area contributed by atoms with Gasteiger partial charge >= 0.3 is 0 Å². The van der Waals surface area contributed by atoms with Crippen molar-refractivity contribution in [3.63, 3.8) is 0 Å². The van der Waals surface area contributed by atoms with E-state index >= 15 is 0 Å². The highest BCUT2D eigenvalue weighted by Crippen LogP contribution is 2.69. The highest BCUT2D eigenvalue weighted by molar-refractivity contribution is 6.32. The van der Waals surface area contributed by atoms with Gasteiger partial charge in [0, 0.05) is 11.3 Å². The Kier molecular flexibility index (Phi) is 6.19. The summed E-state index contributed by atoms with van der Waals surface area (Å²) in [4.78, 5) is 69.1. The van der Waals surface area contributed by atoms with Crippen molar-refractivity contribution in [1.82, 2.24) is 0 Å². The van der Waals surface area contributed by atoms with Crippen LogP contribution in [0.4, 0.5) is 0 Å². The molecular formula is C32H40O7. The molecule has 0 amide bonds. The van der Waals surface area contributed by atoms with Gasteiger partial charge in [-0.3, -0.25) is 24.0 Å². The Bertz CT molecular complexity index is 1320. The van der Waals surface area contributed by atoms with Crippen molar-refractivity contribution in [2.24, 2.45) is 40.4 Å². The summed E-state index contributed by atoms with van der Waals surface area (Å²) >= 11 is 0. The van der Waals surface area contributed by atoms with E-state index in [1.165, 1.54) is 0 Å². The summed E-state index contributed by atoms with van der Waals surface area (Å²) in [5, 5.41) is 23.7. The second-order valence-electron chi connectivity index (χ2n) is 13.4. The van der Waals surface area contributed by atoms with E-state index in [1.807, 2.05) is 32.9 Å². The molecule has 210 valence electrons. The minimum atomic E-state index is -2.69. The van der Waals surface area contributed by atoms with Gasteiger partial charge in [-0.05, 0) is 60.0 Å². The molecule has 7 heteroatoms. The molecule has 4 aliphatic rings. The van der Waals surface area contributed by atoms with Gasteiger partial charge in [-0.25, -0.2) is 0 Å². The summed E-state index contributed by atoms with van der Waals surface area (Å²) in [5.41, 5.74) is -3.85. The molecule has 7 nitrogen and oxygen atoms in total. The molecule has 5 rings (SSSR count). The van der Waals surface area contributed by atoms with Crippen LogP contribution in [0.5, 0.6) is 5.75 Å². The lowest BCUT2D eigenvalue weighted by Crippen LogP contribution is -2.79. The second-order valence-corrected chi connectivity index (χ2v) is 13.4. The van der Waals surface area contributed by atoms with E-state index in [-0.39, 0.29) is 23.1 Å². The average Bonchev–Trinajstić information content (AvgIpc) is 3.38. The minimum absolute atomic E-state index is 0.102. The van der Waals surface area contributed by atoms with E-state index in [9.17, 15) is 34.2 Å². The number of hydrogen-bond acceptors (Lipinski definition) is 7. The van der Waals surface area contributed by atoms with Crippen molar-refractivity contribution in [2.45, 2.75) is 91.6 Å². The number of phenols is 1. The lowest BCUT2D eigenvalue weighted by Gasteiger charge is -2.66. The predicted octanol–water partition coefficient (Wildman–Crippen LogP) is 4.56. The fraction of sp³-hybridized carbons (Fsp3) is 0.656. The van der Waals surface area contributed by atoms with Gasteiger partial charge in [0.15, 0.2) is 28.7 Å². The molecule has 0 heterocycles. The molecule has 3 unspecified atom stereocenters. The Balaban J connectivity index is 1.77. The predicted molar refractivity (Wildman–Crippen MR) is 143 cm³/mol. The smallest absolute Gasteiger partial charge is 0.190 e. The van der Waals surface area contributed by atoms with E-state index in [2.05, 4.69) is 0 Å². The first-order valence-corrected chi connectivity index (χ1v) is 14.3. The quantitative estimate of drug-likeness (QED) is 0.543.